The highest BCUT2D eigenvalue weighted by atomic mass is 16.6. The fourth-order valence-corrected chi connectivity index (χ4v) is 2.29. The van der Waals surface area contributed by atoms with Gasteiger partial charge in [0.2, 0.25) is 5.91 Å². The van der Waals surface area contributed by atoms with Gasteiger partial charge in [0.25, 0.3) is 0 Å². The van der Waals surface area contributed by atoms with Gasteiger partial charge >= 0.3 is 5.69 Å². The van der Waals surface area contributed by atoms with Crippen molar-refractivity contribution in [2.75, 3.05) is 5.32 Å². The first kappa shape index (κ1) is 16.4. The minimum atomic E-state index is -0.523. The Bertz CT molecular complexity index is 871. The molecule has 0 fully saturated rings. The van der Waals surface area contributed by atoms with Crippen LogP contribution in [0.1, 0.15) is 12.0 Å². The van der Waals surface area contributed by atoms with E-state index in [4.69, 9.17) is 0 Å². The van der Waals surface area contributed by atoms with Gasteiger partial charge in [-0.2, -0.15) is 10.2 Å². The molecule has 2 aromatic heterocycles. The van der Waals surface area contributed by atoms with Gasteiger partial charge in [0.05, 0.1) is 23.4 Å². The monoisotopic (exact) mass is 340 g/mol. The second-order valence-corrected chi connectivity index (χ2v) is 5.43. The van der Waals surface area contributed by atoms with E-state index >= 15 is 0 Å². The van der Waals surface area contributed by atoms with Gasteiger partial charge in [0.1, 0.15) is 12.4 Å². The fourth-order valence-electron chi connectivity index (χ4n) is 2.29. The highest BCUT2D eigenvalue weighted by molar-refractivity contribution is 5.90. The summed E-state index contributed by atoms with van der Waals surface area (Å²) >= 11 is 0. The second-order valence-electron chi connectivity index (χ2n) is 5.43. The van der Waals surface area contributed by atoms with Crippen LogP contribution in [0.4, 0.5) is 11.4 Å². The van der Waals surface area contributed by atoms with Crippen LogP contribution in [0.3, 0.4) is 0 Å². The minimum Gasteiger partial charge on any atom is -0.323 e. The predicted molar refractivity (Wildman–Crippen MR) is 89.9 cm³/mol. The smallest absolute Gasteiger partial charge is 0.306 e. The Hall–Kier alpha value is -3.49. The molecule has 1 N–H and O–H groups in total. The first-order chi connectivity index (χ1) is 12.1. The lowest BCUT2D eigenvalue weighted by molar-refractivity contribution is -0.385. The molecule has 128 valence electrons. The molecule has 0 atom stereocenters. The number of aryl methyl sites for hydroxylation is 1. The lowest BCUT2D eigenvalue weighted by Gasteiger charge is -2.03. The topological polar surface area (TPSA) is 108 Å². The summed E-state index contributed by atoms with van der Waals surface area (Å²) in [7, 11) is 0. The van der Waals surface area contributed by atoms with E-state index in [1.54, 1.807) is 17.1 Å². The number of amides is 1. The number of rotatable bonds is 7. The molecule has 25 heavy (non-hydrogen) atoms. The molecule has 0 aliphatic rings. The Morgan fingerprint density at radius 2 is 1.88 bits per heavy atom. The normalized spacial score (nSPS) is 10.6. The summed E-state index contributed by atoms with van der Waals surface area (Å²) in [5.74, 6) is -0.211. The third-order valence-corrected chi connectivity index (χ3v) is 3.50. The Morgan fingerprint density at radius 3 is 2.60 bits per heavy atom. The Balaban J connectivity index is 1.50. The molecule has 0 saturated heterocycles. The number of hydrogen-bond donors (Lipinski definition) is 1. The van der Waals surface area contributed by atoms with E-state index in [2.05, 4.69) is 15.5 Å². The molecule has 0 aliphatic heterocycles. The Kier molecular flexibility index (Phi) is 4.84. The van der Waals surface area contributed by atoms with Crippen molar-refractivity contribution in [2.45, 2.75) is 19.5 Å². The predicted octanol–water partition coefficient (Wildman–Crippen LogP) is 2.06. The molecule has 0 spiro atoms. The maximum absolute atomic E-state index is 12.0. The number of carbonyl (C=O) groups is 1. The largest absolute Gasteiger partial charge is 0.323 e. The molecule has 0 unspecified atom stereocenters. The van der Waals surface area contributed by atoms with Crippen LogP contribution in [0.5, 0.6) is 0 Å². The molecule has 1 amide bonds. The zero-order valence-electron chi connectivity index (χ0n) is 13.3. The second kappa shape index (κ2) is 7.39. The van der Waals surface area contributed by atoms with Crippen LogP contribution in [0.2, 0.25) is 0 Å². The number of nitrogens with one attached hydrogen (secondary N) is 1. The van der Waals surface area contributed by atoms with Crippen LogP contribution in [0, 0.1) is 10.1 Å². The van der Waals surface area contributed by atoms with E-state index in [0.29, 0.717) is 12.2 Å². The third-order valence-electron chi connectivity index (χ3n) is 3.50. The van der Waals surface area contributed by atoms with E-state index in [0.717, 1.165) is 11.8 Å². The van der Waals surface area contributed by atoms with Gasteiger partial charge in [-0.3, -0.25) is 24.3 Å². The van der Waals surface area contributed by atoms with Crippen LogP contribution in [-0.4, -0.2) is 30.4 Å². The standard InChI is InChI=1S/C16H16N6O3/c23-16(6-7-20-12-15(9-18-20)22(24)25)19-14-8-17-21(11-14)10-13-4-2-1-3-5-13/h1-5,8-9,11-12H,6-7,10H2,(H,19,23). The van der Waals surface area contributed by atoms with Crippen molar-refractivity contribution in [3.63, 3.8) is 0 Å². The molecule has 0 aliphatic carbocycles. The van der Waals surface area contributed by atoms with E-state index in [1.807, 2.05) is 30.3 Å². The van der Waals surface area contributed by atoms with E-state index in [9.17, 15) is 14.9 Å². The lowest BCUT2D eigenvalue weighted by atomic mass is 10.2. The first-order valence-corrected chi connectivity index (χ1v) is 7.63. The number of nitrogens with zero attached hydrogens (tertiary/aromatic N) is 5. The average Bonchev–Trinajstić information content (AvgIpc) is 3.23. The summed E-state index contributed by atoms with van der Waals surface area (Å²) in [5.41, 5.74) is 1.62. The zero-order valence-corrected chi connectivity index (χ0v) is 13.3. The van der Waals surface area contributed by atoms with Crippen LogP contribution in [0.15, 0.2) is 55.1 Å². The van der Waals surface area contributed by atoms with Crippen molar-refractivity contribution >= 4 is 17.3 Å². The van der Waals surface area contributed by atoms with Gasteiger partial charge in [0.15, 0.2) is 0 Å². The SMILES string of the molecule is O=C(CCn1cc([N+](=O)[O-])cn1)Nc1cnn(Cc2ccccc2)c1. The van der Waals surface area contributed by atoms with Crippen LogP contribution in [0.25, 0.3) is 0 Å². The summed E-state index contributed by atoms with van der Waals surface area (Å²) in [6.45, 7) is 0.880. The van der Waals surface area contributed by atoms with Crippen LogP contribution < -0.4 is 5.32 Å². The molecule has 3 aromatic rings. The fraction of sp³-hybridized carbons (Fsp3) is 0.188. The van der Waals surface area contributed by atoms with Crippen LogP contribution in [-0.2, 0) is 17.9 Å². The van der Waals surface area contributed by atoms with Gasteiger partial charge in [-0.1, -0.05) is 30.3 Å². The molecule has 2 heterocycles. The molecule has 1 aromatic carbocycles. The summed E-state index contributed by atoms with van der Waals surface area (Å²) in [5, 5.41) is 21.4. The molecule has 0 saturated carbocycles. The van der Waals surface area contributed by atoms with Crippen molar-refractivity contribution in [1.82, 2.24) is 19.6 Å². The van der Waals surface area contributed by atoms with Gasteiger partial charge in [0, 0.05) is 19.2 Å². The van der Waals surface area contributed by atoms with Crippen molar-refractivity contribution in [3.05, 3.63) is 70.8 Å². The summed E-state index contributed by atoms with van der Waals surface area (Å²) in [6.07, 6.45) is 5.95. The summed E-state index contributed by atoms with van der Waals surface area (Å²) in [4.78, 5) is 22.0. The van der Waals surface area contributed by atoms with Gasteiger partial charge < -0.3 is 5.32 Å². The molecule has 9 heteroatoms. The van der Waals surface area contributed by atoms with Gasteiger partial charge in [-0.15, -0.1) is 0 Å². The number of aromatic nitrogens is 4. The zero-order chi connectivity index (χ0) is 17.6. The minimum absolute atomic E-state index is 0.0948. The number of carbonyl (C=O) groups excluding carboxylic acids is 1. The molecule has 0 bridgehead atoms. The lowest BCUT2D eigenvalue weighted by Crippen LogP contribution is -2.14. The quantitative estimate of drug-likeness (QED) is 0.523. The van der Waals surface area contributed by atoms with Crippen molar-refractivity contribution in [1.29, 1.82) is 0 Å². The number of nitro groups is 1. The number of anilines is 1. The van der Waals surface area contributed by atoms with Gasteiger partial charge in [-0.05, 0) is 5.56 Å². The van der Waals surface area contributed by atoms with E-state index < -0.39 is 4.92 Å². The molecule has 9 nitrogen and oxygen atoms in total. The maximum Gasteiger partial charge on any atom is 0.306 e. The Morgan fingerprint density at radius 1 is 1.12 bits per heavy atom. The maximum atomic E-state index is 12.0. The highest BCUT2D eigenvalue weighted by Gasteiger charge is 2.10. The van der Waals surface area contributed by atoms with Crippen molar-refractivity contribution in [3.8, 4) is 0 Å². The molecule has 0 radical (unpaired) electrons. The highest BCUT2D eigenvalue weighted by Crippen LogP contribution is 2.10. The summed E-state index contributed by atoms with van der Waals surface area (Å²) in [6, 6.07) is 9.88. The van der Waals surface area contributed by atoms with E-state index in [-0.39, 0.29) is 24.6 Å². The van der Waals surface area contributed by atoms with Crippen molar-refractivity contribution in [2.24, 2.45) is 0 Å². The molecule has 3 rings (SSSR count). The van der Waals surface area contributed by atoms with Gasteiger partial charge in [-0.25, -0.2) is 0 Å². The summed E-state index contributed by atoms with van der Waals surface area (Å²) < 4.78 is 3.11. The molecular formula is C16H16N6O3. The first-order valence-electron chi connectivity index (χ1n) is 7.63. The van der Waals surface area contributed by atoms with Crippen LogP contribution >= 0.6 is 0 Å². The third kappa shape index (κ3) is 4.50. The number of hydrogen-bond acceptors (Lipinski definition) is 5. The number of benzene rings is 1. The van der Waals surface area contributed by atoms with Crippen molar-refractivity contribution < 1.29 is 9.72 Å². The average molecular weight is 340 g/mol. The molecular weight excluding hydrogens is 324 g/mol. The van der Waals surface area contributed by atoms with E-state index in [1.165, 1.54) is 10.9 Å². The Labute approximate surface area is 143 Å².